The number of carbonyl (C=O) groups excluding carboxylic acids is 1. The van der Waals surface area contributed by atoms with E-state index in [1.165, 1.54) is 0 Å². The zero-order valence-electron chi connectivity index (χ0n) is 11.5. The van der Waals surface area contributed by atoms with E-state index in [1.54, 1.807) is 24.5 Å². The van der Waals surface area contributed by atoms with Crippen LogP contribution in [-0.4, -0.2) is 10.8 Å². The number of carbonyl (C=O) groups is 1. The van der Waals surface area contributed by atoms with Crippen molar-refractivity contribution < 1.29 is 9.21 Å². The molecule has 0 amide bonds. The Morgan fingerprint density at radius 2 is 1.95 bits per heavy atom. The molecule has 0 fully saturated rings. The fourth-order valence-electron chi connectivity index (χ4n) is 2.41. The summed E-state index contributed by atoms with van der Waals surface area (Å²) in [5.74, 6) is 0.737. The summed E-state index contributed by atoms with van der Waals surface area (Å²) in [5.41, 5.74) is 3.20. The van der Waals surface area contributed by atoms with E-state index >= 15 is 0 Å². The third-order valence-electron chi connectivity index (χ3n) is 3.41. The van der Waals surface area contributed by atoms with Gasteiger partial charge in [-0.15, -0.1) is 0 Å². The molecule has 0 aliphatic heterocycles. The van der Waals surface area contributed by atoms with Gasteiger partial charge in [0.15, 0.2) is 5.78 Å². The molecule has 2 heterocycles. The second-order valence-corrected chi connectivity index (χ2v) is 4.82. The highest BCUT2D eigenvalue weighted by Crippen LogP contribution is 2.29. The van der Waals surface area contributed by atoms with Crippen molar-refractivity contribution in [2.75, 3.05) is 0 Å². The van der Waals surface area contributed by atoms with Crippen molar-refractivity contribution in [1.82, 2.24) is 4.98 Å². The summed E-state index contributed by atoms with van der Waals surface area (Å²) in [6.45, 7) is 4.01. The standard InChI is InChI=1S/C17H15NO2/c1-3-14-16(17(19)12-6-8-18-9-7-12)13-10-11(2)4-5-15(13)20-14/h4-10H,3H2,1-2H3. The third kappa shape index (κ3) is 2.01. The SMILES string of the molecule is CCc1oc2ccc(C)cc2c1C(=O)c1ccncc1. The van der Waals surface area contributed by atoms with Crippen molar-refractivity contribution in [3.8, 4) is 0 Å². The van der Waals surface area contributed by atoms with Gasteiger partial charge in [-0.1, -0.05) is 18.6 Å². The molecule has 0 aliphatic rings. The Labute approximate surface area is 117 Å². The van der Waals surface area contributed by atoms with Gasteiger partial charge < -0.3 is 4.42 Å². The highest BCUT2D eigenvalue weighted by Gasteiger charge is 2.20. The Morgan fingerprint density at radius 1 is 1.20 bits per heavy atom. The second-order valence-electron chi connectivity index (χ2n) is 4.82. The van der Waals surface area contributed by atoms with Crippen LogP contribution >= 0.6 is 0 Å². The molecule has 0 atom stereocenters. The van der Waals surface area contributed by atoms with Crippen LogP contribution in [0.4, 0.5) is 0 Å². The number of hydrogen-bond donors (Lipinski definition) is 0. The lowest BCUT2D eigenvalue weighted by Gasteiger charge is -2.01. The summed E-state index contributed by atoms with van der Waals surface area (Å²) in [4.78, 5) is 16.7. The molecule has 3 nitrogen and oxygen atoms in total. The number of ketones is 1. The second kappa shape index (κ2) is 4.93. The molecule has 3 rings (SSSR count). The molecule has 3 aromatic rings. The summed E-state index contributed by atoms with van der Waals surface area (Å²) >= 11 is 0. The number of nitrogens with zero attached hydrogens (tertiary/aromatic N) is 1. The molecule has 3 heteroatoms. The maximum absolute atomic E-state index is 12.7. The predicted octanol–water partition coefficient (Wildman–Crippen LogP) is 3.93. The first-order valence-corrected chi connectivity index (χ1v) is 6.67. The van der Waals surface area contributed by atoms with Gasteiger partial charge in [-0.05, 0) is 31.2 Å². The Morgan fingerprint density at radius 3 is 2.65 bits per heavy atom. The first kappa shape index (κ1) is 12.6. The zero-order valence-corrected chi connectivity index (χ0v) is 11.5. The topological polar surface area (TPSA) is 43.1 Å². The first-order chi connectivity index (χ1) is 9.70. The molecule has 2 aromatic heterocycles. The van der Waals surface area contributed by atoms with Crippen LogP contribution in [0.2, 0.25) is 0 Å². The Hall–Kier alpha value is -2.42. The molecule has 0 N–H and O–H groups in total. The number of hydrogen-bond acceptors (Lipinski definition) is 3. The molecule has 20 heavy (non-hydrogen) atoms. The van der Waals surface area contributed by atoms with Gasteiger partial charge in [0.25, 0.3) is 0 Å². The fourth-order valence-corrected chi connectivity index (χ4v) is 2.41. The van der Waals surface area contributed by atoms with Crippen LogP contribution in [0.25, 0.3) is 11.0 Å². The molecule has 0 aliphatic carbocycles. The van der Waals surface area contributed by atoms with Gasteiger partial charge in [-0.2, -0.15) is 0 Å². The molecule has 0 unspecified atom stereocenters. The maximum Gasteiger partial charge on any atom is 0.197 e. The number of rotatable bonds is 3. The van der Waals surface area contributed by atoms with Crippen LogP contribution < -0.4 is 0 Å². The lowest BCUT2D eigenvalue weighted by Crippen LogP contribution is -2.03. The van der Waals surface area contributed by atoms with Crippen LogP contribution in [0.3, 0.4) is 0 Å². The van der Waals surface area contributed by atoms with Crippen molar-refractivity contribution >= 4 is 16.8 Å². The van der Waals surface area contributed by atoms with Crippen LogP contribution in [-0.2, 0) is 6.42 Å². The van der Waals surface area contributed by atoms with Crippen molar-refractivity contribution in [1.29, 1.82) is 0 Å². The van der Waals surface area contributed by atoms with Crippen LogP contribution in [0.1, 0.15) is 34.2 Å². The summed E-state index contributed by atoms with van der Waals surface area (Å²) in [7, 11) is 0. The molecule has 1 aromatic carbocycles. The zero-order chi connectivity index (χ0) is 14.1. The van der Waals surface area contributed by atoms with E-state index in [-0.39, 0.29) is 5.78 Å². The molecule has 0 bridgehead atoms. The average Bonchev–Trinajstić information content (AvgIpc) is 2.85. The van der Waals surface area contributed by atoms with Crippen LogP contribution in [0.15, 0.2) is 47.1 Å². The lowest BCUT2D eigenvalue weighted by molar-refractivity contribution is 0.103. The monoisotopic (exact) mass is 265 g/mol. The highest BCUT2D eigenvalue weighted by molar-refractivity contribution is 6.16. The maximum atomic E-state index is 12.7. The highest BCUT2D eigenvalue weighted by atomic mass is 16.3. The van der Waals surface area contributed by atoms with Gasteiger partial charge >= 0.3 is 0 Å². The van der Waals surface area contributed by atoms with Crippen LogP contribution in [0.5, 0.6) is 0 Å². The summed E-state index contributed by atoms with van der Waals surface area (Å²) in [6.07, 6.45) is 3.96. The van der Waals surface area contributed by atoms with Gasteiger partial charge in [-0.3, -0.25) is 9.78 Å². The average molecular weight is 265 g/mol. The third-order valence-corrected chi connectivity index (χ3v) is 3.41. The molecule has 0 saturated carbocycles. The van der Waals surface area contributed by atoms with Crippen LogP contribution in [0, 0.1) is 6.92 Å². The smallest absolute Gasteiger partial charge is 0.197 e. The van der Waals surface area contributed by atoms with E-state index in [9.17, 15) is 4.79 Å². The summed E-state index contributed by atoms with van der Waals surface area (Å²) < 4.78 is 5.81. The minimum Gasteiger partial charge on any atom is -0.460 e. The quantitative estimate of drug-likeness (QED) is 0.674. The number of furan rings is 1. The van der Waals surface area contributed by atoms with E-state index in [2.05, 4.69) is 4.98 Å². The summed E-state index contributed by atoms with van der Waals surface area (Å²) in [6, 6.07) is 9.39. The number of aryl methyl sites for hydroxylation is 2. The molecule has 0 spiro atoms. The Kier molecular flexibility index (Phi) is 3.11. The lowest BCUT2D eigenvalue weighted by atomic mass is 9.99. The van der Waals surface area contributed by atoms with Gasteiger partial charge in [-0.25, -0.2) is 0 Å². The fraction of sp³-hybridized carbons (Fsp3) is 0.176. The molecule has 100 valence electrons. The molecular formula is C17H15NO2. The number of aromatic nitrogens is 1. The normalized spacial score (nSPS) is 10.9. The van der Waals surface area contributed by atoms with Crippen molar-refractivity contribution in [3.63, 3.8) is 0 Å². The minimum absolute atomic E-state index is 0.00593. The largest absolute Gasteiger partial charge is 0.460 e. The van der Waals surface area contributed by atoms with E-state index in [4.69, 9.17) is 4.42 Å². The van der Waals surface area contributed by atoms with Crippen molar-refractivity contribution in [2.24, 2.45) is 0 Å². The minimum atomic E-state index is -0.00593. The molecule has 0 radical (unpaired) electrons. The van der Waals surface area contributed by atoms with Gasteiger partial charge in [0.2, 0.25) is 0 Å². The van der Waals surface area contributed by atoms with Gasteiger partial charge in [0.1, 0.15) is 11.3 Å². The molecule has 0 saturated heterocycles. The van der Waals surface area contributed by atoms with Gasteiger partial charge in [0, 0.05) is 29.8 Å². The Bertz CT molecular complexity index is 772. The predicted molar refractivity (Wildman–Crippen MR) is 78.0 cm³/mol. The number of pyridine rings is 1. The molecular weight excluding hydrogens is 250 g/mol. The van der Waals surface area contributed by atoms with Gasteiger partial charge in [0.05, 0.1) is 5.56 Å². The first-order valence-electron chi connectivity index (χ1n) is 6.67. The van der Waals surface area contributed by atoms with E-state index in [1.807, 2.05) is 32.0 Å². The van der Waals surface area contributed by atoms with E-state index in [0.29, 0.717) is 17.5 Å². The summed E-state index contributed by atoms with van der Waals surface area (Å²) in [5, 5.41) is 0.892. The van der Waals surface area contributed by atoms with E-state index < -0.39 is 0 Å². The number of fused-ring (bicyclic) bond motifs is 1. The van der Waals surface area contributed by atoms with Crippen molar-refractivity contribution in [3.05, 3.63) is 65.2 Å². The van der Waals surface area contributed by atoms with Crippen molar-refractivity contribution in [2.45, 2.75) is 20.3 Å². The van der Waals surface area contributed by atoms with E-state index in [0.717, 1.165) is 22.3 Å². The number of benzene rings is 1. The Balaban J connectivity index is 2.24.